The van der Waals surface area contributed by atoms with Gasteiger partial charge in [0, 0.05) is 28.0 Å². The summed E-state index contributed by atoms with van der Waals surface area (Å²) in [7, 11) is 0. The molecule has 0 radical (unpaired) electrons. The van der Waals surface area contributed by atoms with Crippen molar-refractivity contribution in [3.05, 3.63) is 21.9 Å². The van der Waals surface area contributed by atoms with Crippen LogP contribution in [0.25, 0.3) is 0 Å². The highest BCUT2D eigenvalue weighted by Gasteiger charge is 2.32. The van der Waals surface area contributed by atoms with Crippen LogP contribution in [-0.2, 0) is 11.4 Å². The molecule has 0 saturated carbocycles. The molecule has 1 aromatic heterocycles. The molecular weight excluding hydrogens is 240 g/mol. The minimum atomic E-state index is -1.33. The summed E-state index contributed by atoms with van der Waals surface area (Å²) in [6.07, 6.45) is 0.751. The van der Waals surface area contributed by atoms with Gasteiger partial charge in [-0.3, -0.25) is 0 Å². The quantitative estimate of drug-likeness (QED) is 0.841. The lowest BCUT2D eigenvalue weighted by molar-refractivity contribution is 0.502. The van der Waals surface area contributed by atoms with Gasteiger partial charge in [-0.05, 0) is 25.8 Å². The molecule has 0 fully saturated rings. The average molecular weight is 256 g/mol. The van der Waals surface area contributed by atoms with Crippen molar-refractivity contribution >= 4 is 22.7 Å². The Labute approximate surface area is 104 Å². The SMILES string of the molecule is CC(CC(C)(C)[S+](N)[O-])c1cc(C#N)cs1. The van der Waals surface area contributed by atoms with Crippen molar-refractivity contribution in [2.75, 3.05) is 0 Å². The number of nitriles is 1. The first-order valence-electron chi connectivity index (χ1n) is 5.01. The van der Waals surface area contributed by atoms with Gasteiger partial charge in [0.1, 0.15) is 10.8 Å². The first-order chi connectivity index (χ1) is 7.36. The van der Waals surface area contributed by atoms with E-state index in [0.717, 1.165) is 11.3 Å². The third-order valence-corrected chi connectivity index (χ3v) is 5.00. The highest BCUT2D eigenvalue weighted by Crippen LogP contribution is 2.32. The summed E-state index contributed by atoms with van der Waals surface area (Å²) >= 11 is 0.247. The van der Waals surface area contributed by atoms with E-state index in [9.17, 15) is 4.55 Å². The topological polar surface area (TPSA) is 72.9 Å². The summed E-state index contributed by atoms with van der Waals surface area (Å²) in [6, 6.07) is 4.01. The van der Waals surface area contributed by atoms with Gasteiger partial charge >= 0.3 is 0 Å². The summed E-state index contributed by atoms with van der Waals surface area (Å²) in [5.74, 6) is 0.273. The molecule has 0 saturated heterocycles. The molecule has 1 heterocycles. The van der Waals surface area contributed by atoms with E-state index in [1.807, 2.05) is 25.3 Å². The molecule has 88 valence electrons. The predicted octanol–water partition coefficient (Wildman–Crippen LogP) is 2.51. The van der Waals surface area contributed by atoms with Crippen LogP contribution in [-0.4, -0.2) is 9.30 Å². The molecule has 3 nitrogen and oxygen atoms in total. The smallest absolute Gasteiger partial charge is 0.140 e. The fourth-order valence-electron chi connectivity index (χ4n) is 1.59. The third-order valence-electron chi connectivity index (χ3n) is 2.58. The minimum absolute atomic E-state index is 0.273. The number of thiophene rings is 1. The van der Waals surface area contributed by atoms with Crippen molar-refractivity contribution in [2.45, 2.75) is 37.9 Å². The fraction of sp³-hybridized carbons (Fsp3) is 0.545. The van der Waals surface area contributed by atoms with Gasteiger partial charge in [-0.25, -0.2) is 0 Å². The van der Waals surface area contributed by atoms with E-state index in [2.05, 4.69) is 13.0 Å². The standard InChI is InChI=1S/C11H16N2OS2/c1-8(5-11(2,3)16(13)14)10-4-9(6-12)7-15-10/h4,7-8H,5,13H2,1-3H3. The van der Waals surface area contributed by atoms with Crippen LogP contribution in [0.15, 0.2) is 11.4 Å². The van der Waals surface area contributed by atoms with Crippen molar-refractivity contribution in [1.29, 1.82) is 5.26 Å². The van der Waals surface area contributed by atoms with Crippen LogP contribution < -0.4 is 5.14 Å². The molecule has 2 atom stereocenters. The first-order valence-corrected chi connectivity index (χ1v) is 7.11. The zero-order valence-electron chi connectivity index (χ0n) is 9.69. The second-order valence-electron chi connectivity index (χ2n) is 4.51. The summed E-state index contributed by atoms with van der Waals surface area (Å²) in [6.45, 7) is 5.87. The Balaban J connectivity index is 2.73. The van der Waals surface area contributed by atoms with E-state index in [1.165, 1.54) is 0 Å². The molecule has 0 spiro atoms. The van der Waals surface area contributed by atoms with Gasteiger partial charge in [-0.2, -0.15) is 10.4 Å². The lowest BCUT2D eigenvalue weighted by Crippen LogP contribution is -2.38. The summed E-state index contributed by atoms with van der Waals surface area (Å²) in [5, 5.41) is 16.0. The van der Waals surface area contributed by atoms with Crippen LogP contribution in [0.1, 0.15) is 43.6 Å². The van der Waals surface area contributed by atoms with E-state index in [4.69, 9.17) is 10.4 Å². The monoisotopic (exact) mass is 256 g/mol. The third kappa shape index (κ3) is 3.22. The van der Waals surface area contributed by atoms with E-state index in [0.29, 0.717) is 5.56 Å². The fourth-order valence-corrected chi connectivity index (χ4v) is 2.90. The van der Waals surface area contributed by atoms with Gasteiger partial charge in [0.25, 0.3) is 0 Å². The summed E-state index contributed by atoms with van der Waals surface area (Å²) < 4.78 is 10.9. The molecule has 0 amide bonds. The van der Waals surface area contributed by atoms with Gasteiger partial charge < -0.3 is 4.55 Å². The zero-order chi connectivity index (χ0) is 12.3. The van der Waals surface area contributed by atoms with E-state index in [1.54, 1.807) is 11.3 Å². The normalized spacial score (nSPS) is 15.5. The maximum Gasteiger partial charge on any atom is 0.140 e. The lowest BCUT2D eigenvalue weighted by atomic mass is 9.96. The highest BCUT2D eigenvalue weighted by molar-refractivity contribution is 7.90. The van der Waals surface area contributed by atoms with Gasteiger partial charge in [-0.1, -0.05) is 6.92 Å². The second-order valence-corrected chi connectivity index (χ2v) is 7.15. The summed E-state index contributed by atoms with van der Waals surface area (Å²) in [5.41, 5.74) is 0.693. The Bertz CT molecular complexity index is 393. The Kier molecular flexibility index (Phi) is 4.39. The van der Waals surface area contributed by atoms with Gasteiger partial charge in [0.15, 0.2) is 0 Å². The first kappa shape index (κ1) is 13.5. The largest absolute Gasteiger partial charge is 0.598 e. The Morgan fingerprint density at radius 3 is 2.75 bits per heavy atom. The van der Waals surface area contributed by atoms with Crippen molar-refractivity contribution in [2.24, 2.45) is 5.14 Å². The Morgan fingerprint density at radius 2 is 2.31 bits per heavy atom. The number of nitrogens with zero attached hydrogens (tertiary/aromatic N) is 1. The highest BCUT2D eigenvalue weighted by atomic mass is 32.2. The van der Waals surface area contributed by atoms with Gasteiger partial charge in [0.2, 0.25) is 0 Å². The van der Waals surface area contributed by atoms with Crippen LogP contribution in [0.5, 0.6) is 0 Å². The van der Waals surface area contributed by atoms with Crippen LogP contribution in [0, 0.1) is 11.3 Å². The van der Waals surface area contributed by atoms with Crippen molar-refractivity contribution in [3.63, 3.8) is 0 Å². The van der Waals surface area contributed by atoms with Crippen molar-refractivity contribution in [1.82, 2.24) is 0 Å². The van der Waals surface area contributed by atoms with Gasteiger partial charge in [0.05, 0.1) is 5.56 Å². The number of rotatable bonds is 4. The van der Waals surface area contributed by atoms with Crippen LogP contribution in [0.3, 0.4) is 0 Å². The Hall–Kier alpha value is -0.540. The van der Waals surface area contributed by atoms with Crippen LogP contribution in [0.4, 0.5) is 0 Å². The molecule has 1 aromatic rings. The molecule has 16 heavy (non-hydrogen) atoms. The van der Waals surface area contributed by atoms with Crippen LogP contribution >= 0.6 is 11.3 Å². The predicted molar refractivity (Wildman–Crippen MR) is 68.5 cm³/mol. The molecule has 0 aliphatic carbocycles. The molecular formula is C11H16N2OS2. The number of hydrogen-bond donors (Lipinski definition) is 1. The van der Waals surface area contributed by atoms with Gasteiger partial charge in [-0.15, -0.1) is 11.3 Å². The van der Waals surface area contributed by atoms with Crippen LogP contribution in [0.2, 0.25) is 0 Å². The lowest BCUT2D eigenvalue weighted by Gasteiger charge is -2.26. The average Bonchev–Trinajstić information content (AvgIpc) is 2.64. The zero-order valence-corrected chi connectivity index (χ0v) is 11.3. The summed E-state index contributed by atoms with van der Waals surface area (Å²) in [4.78, 5) is 1.15. The molecule has 2 unspecified atom stereocenters. The van der Waals surface area contributed by atoms with Crippen molar-refractivity contribution < 1.29 is 4.55 Å². The molecule has 0 bridgehead atoms. The number of nitrogens with two attached hydrogens (primary N) is 1. The maximum absolute atomic E-state index is 11.3. The molecule has 0 aliphatic rings. The molecule has 5 heteroatoms. The van der Waals surface area contributed by atoms with E-state index < -0.39 is 16.1 Å². The second kappa shape index (κ2) is 5.19. The molecule has 2 N–H and O–H groups in total. The Morgan fingerprint density at radius 1 is 1.69 bits per heavy atom. The van der Waals surface area contributed by atoms with E-state index in [-0.39, 0.29) is 5.92 Å². The molecule has 0 aliphatic heterocycles. The minimum Gasteiger partial charge on any atom is -0.598 e. The number of hydrogen-bond acceptors (Lipinski definition) is 4. The van der Waals surface area contributed by atoms with Crippen molar-refractivity contribution in [3.8, 4) is 6.07 Å². The molecule has 1 rings (SSSR count). The molecule has 0 aromatic carbocycles. The van der Waals surface area contributed by atoms with E-state index >= 15 is 0 Å². The maximum atomic E-state index is 11.3.